The van der Waals surface area contributed by atoms with Gasteiger partial charge in [0.2, 0.25) is 0 Å². The molecular weight excluding hydrogens is 256 g/mol. The Hall–Kier alpha value is -1.90. The molecule has 20 heavy (non-hydrogen) atoms. The average Bonchev–Trinajstić information content (AvgIpc) is 2.46. The molecule has 0 fully saturated rings. The van der Waals surface area contributed by atoms with Gasteiger partial charge in [0.05, 0.1) is 24.7 Å². The third-order valence-corrected chi connectivity index (χ3v) is 3.32. The summed E-state index contributed by atoms with van der Waals surface area (Å²) in [7, 11) is 0. The molecule has 0 aliphatic rings. The molecule has 1 atom stereocenters. The van der Waals surface area contributed by atoms with Crippen LogP contribution in [0.15, 0.2) is 24.3 Å². The maximum absolute atomic E-state index is 10.7. The Morgan fingerprint density at radius 3 is 2.70 bits per heavy atom. The van der Waals surface area contributed by atoms with Crippen LogP contribution >= 0.6 is 0 Å². The Morgan fingerprint density at radius 1 is 1.45 bits per heavy atom. The summed E-state index contributed by atoms with van der Waals surface area (Å²) in [5.74, 6) is -0.864. The van der Waals surface area contributed by atoms with E-state index in [-0.39, 0.29) is 19.1 Å². The number of carboxylic acids is 1. The molecule has 0 heterocycles. The largest absolute Gasteiger partial charge is 0.481 e. The molecule has 108 valence electrons. The molecule has 1 aromatic rings. The zero-order chi connectivity index (χ0) is 15.0. The van der Waals surface area contributed by atoms with Gasteiger partial charge in [0.1, 0.15) is 0 Å². The molecule has 1 rings (SSSR count). The van der Waals surface area contributed by atoms with Crippen LogP contribution in [0.25, 0.3) is 0 Å². The molecule has 1 aromatic carbocycles. The van der Waals surface area contributed by atoms with Gasteiger partial charge in [-0.3, -0.25) is 9.69 Å². The molecule has 2 N–H and O–H groups in total. The smallest absolute Gasteiger partial charge is 0.304 e. The van der Waals surface area contributed by atoms with Gasteiger partial charge in [-0.05, 0) is 18.1 Å². The highest BCUT2D eigenvalue weighted by Gasteiger charge is 2.18. The average molecular weight is 276 g/mol. The van der Waals surface area contributed by atoms with Crippen molar-refractivity contribution in [1.82, 2.24) is 4.90 Å². The minimum Gasteiger partial charge on any atom is -0.481 e. The van der Waals surface area contributed by atoms with Gasteiger partial charge in [-0.25, -0.2) is 0 Å². The number of rotatable bonds is 8. The molecule has 0 saturated heterocycles. The molecule has 0 bridgehead atoms. The van der Waals surface area contributed by atoms with Crippen LogP contribution in [0.4, 0.5) is 0 Å². The molecule has 0 aliphatic heterocycles. The second kappa shape index (κ2) is 8.31. The molecule has 5 nitrogen and oxygen atoms in total. The van der Waals surface area contributed by atoms with E-state index < -0.39 is 5.97 Å². The molecular formula is C15H20N2O3. The van der Waals surface area contributed by atoms with Crippen molar-refractivity contribution in [3.8, 4) is 6.07 Å². The van der Waals surface area contributed by atoms with Crippen molar-refractivity contribution < 1.29 is 15.0 Å². The van der Waals surface area contributed by atoms with Gasteiger partial charge in [0.15, 0.2) is 0 Å². The van der Waals surface area contributed by atoms with E-state index >= 15 is 0 Å². The Labute approximate surface area is 119 Å². The number of aliphatic hydroxyl groups excluding tert-OH is 1. The van der Waals surface area contributed by atoms with Gasteiger partial charge in [-0.15, -0.1) is 0 Å². The van der Waals surface area contributed by atoms with Crippen molar-refractivity contribution in [1.29, 1.82) is 5.26 Å². The first-order chi connectivity index (χ1) is 9.62. The van der Waals surface area contributed by atoms with Crippen molar-refractivity contribution >= 4 is 5.97 Å². The summed E-state index contributed by atoms with van der Waals surface area (Å²) in [4.78, 5) is 12.7. The fraction of sp³-hybridized carbons (Fsp3) is 0.467. The van der Waals surface area contributed by atoms with Crippen molar-refractivity contribution in [2.45, 2.75) is 32.4 Å². The SMILES string of the molecule is CCC(CO)N(CCC(=O)O)Cc1ccccc1C#N. The molecule has 0 aromatic heterocycles. The van der Waals surface area contributed by atoms with Crippen LogP contribution < -0.4 is 0 Å². The number of hydrogen-bond donors (Lipinski definition) is 2. The lowest BCUT2D eigenvalue weighted by atomic mass is 10.1. The molecule has 0 saturated carbocycles. The van der Waals surface area contributed by atoms with Crippen molar-refractivity contribution in [3.63, 3.8) is 0 Å². The van der Waals surface area contributed by atoms with E-state index in [4.69, 9.17) is 10.4 Å². The quantitative estimate of drug-likeness (QED) is 0.753. The highest BCUT2D eigenvalue weighted by Crippen LogP contribution is 2.15. The Kier molecular flexibility index (Phi) is 6.71. The van der Waals surface area contributed by atoms with E-state index in [1.54, 1.807) is 12.1 Å². The van der Waals surface area contributed by atoms with Crippen LogP contribution in [0, 0.1) is 11.3 Å². The lowest BCUT2D eigenvalue weighted by molar-refractivity contribution is -0.137. The number of carbonyl (C=O) groups is 1. The normalized spacial score (nSPS) is 12.1. The minimum absolute atomic E-state index is 0.0191. The summed E-state index contributed by atoms with van der Waals surface area (Å²) >= 11 is 0. The summed E-state index contributed by atoms with van der Waals surface area (Å²) in [6.07, 6.45) is 0.746. The summed E-state index contributed by atoms with van der Waals surface area (Å²) < 4.78 is 0. The van der Waals surface area contributed by atoms with Crippen LogP contribution in [0.5, 0.6) is 0 Å². The summed E-state index contributed by atoms with van der Waals surface area (Å²) in [5.41, 5.74) is 1.44. The fourth-order valence-electron chi connectivity index (χ4n) is 2.12. The van der Waals surface area contributed by atoms with Gasteiger partial charge in [-0.1, -0.05) is 25.1 Å². The molecule has 0 spiro atoms. The van der Waals surface area contributed by atoms with Crippen molar-refractivity contribution in [2.24, 2.45) is 0 Å². The summed E-state index contributed by atoms with van der Waals surface area (Å²) in [5, 5.41) is 27.3. The Balaban J connectivity index is 2.87. The Morgan fingerprint density at radius 2 is 2.15 bits per heavy atom. The van der Waals surface area contributed by atoms with E-state index in [1.807, 2.05) is 24.0 Å². The highest BCUT2D eigenvalue weighted by atomic mass is 16.4. The lowest BCUT2D eigenvalue weighted by Crippen LogP contribution is -2.38. The molecule has 1 unspecified atom stereocenters. The predicted molar refractivity (Wildman–Crippen MR) is 75.0 cm³/mol. The van der Waals surface area contributed by atoms with Gasteiger partial charge < -0.3 is 10.2 Å². The van der Waals surface area contributed by atoms with Crippen molar-refractivity contribution in [3.05, 3.63) is 35.4 Å². The second-order valence-electron chi connectivity index (χ2n) is 4.63. The van der Waals surface area contributed by atoms with Crippen LogP contribution in [-0.4, -0.2) is 40.3 Å². The molecule has 0 aliphatic carbocycles. The van der Waals surface area contributed by atoms with Crippen LogP contribution in [0.3, 0.4) is 0 Å². The van der Waals surface area contributed by atoms with Gasteiger partial charge in [-0.2, -0.15) is 5.26 Å². The summed E-state index contributed by atoms with van der Waals surface area (Å²) in [6, 6.07) is 9.29. The molecule has 0 radical (unpaired) electrons. The first-order valence-corrected chi connectivity index (χ1v) is 6.67. The lowest BCUT2D eigenvalue weighted by Gasteiger charge is -2.29. The number of aliphatic carboxylic acids is 1. The van der Waals surface area contributed by atoms with Crippen LogP contribution in [0.2, 0.25) is 0 Å². The van der Waals surface area contributed by atoms with E-state index in [2.05, 4.69) is 6.07 Å². The first kappa shape index (κ1) is 16.2. The van der Waals surface area contributed by atoms with Crippen molar-refractivity contribution in [2.75, 3.05) is 13.2 Å². The maximum atomic E-state index is 10.7. The first-order valence-electron chi connectivity index (χ1n) is 6.67. The third-order valence-electron chi connectivity index (χ3n) is 3.32. The Bertz CT molecular complexity index is 478. The third kappa shape index (κ3) is 4.65. The number of nitriles is 1. The number of nitrogens with zero attached hydrogens (tertiary/aromatic N) is 2. The monoisotopic (exact) mass is 276 g/mol. The van der Waals surface area contributed by atoms with Crippen LogP contribution in [-0.2, 0) is 11.3 Å². The number of hydrogen-bond acceptors (Lipinski definition) is 4. The standard InChI is InChI=1S/C15H20N2O3/c1-2-14(11-18)17(8-7-15(19)20)10-13-6-4-3-5-12(13)9-16/h3-6,14,18H,2,7-8,10-11H2,1H3,(H,19,20). The van der Waals surface area contributed by atoms with E-state index in [9.17, 15) is 9.90 Å². The van der Waals surface area contributed by atoms with E-state index in [0.717, 1.165) is 12.0 Å². The molecule has 0 amide bonds. The minimum atomic E-state index is -0.864. The zero-order valence-electron chi connectivity index (χ0n) is 11.6. The summed E-state index contributed by atoms with van der Waals surface area (Å²) in [6.45, 7) is 2.75. The zero-order valence-corrected chi connectivity index (χ0v) is 11.6. The fourth-order valence-corrected chi connectivity index (χ4v) is 2.12. The van der Waals surface area contributed by atoms with E-state index in [1.165, 1.54) is 0 Å². The van der Waals surface area contributed by atoms with Gasteiger partial charge in [0, 0.05) is 19.1 Å². The maximum Gasteiger partial charge on any atom is 0.304 e. The second-order valence-corrected chi connectivity index (χ2v) is 4.63. The van der Waals surface area contributed by atoms with E-state index in [0.29, 0.717) is 18.7 Å². The number of carboxylic acid groups (broad SMARTS) is 1. The number of aliphatic hydroxyl groups is 1. The van der Waals surface area contributed by atoms with Crippen LogP contribution in [0.1, 0.15) is 30.9 Å². The highest BCUT2D eigenvalue weighted by molar-refractivity contribution is 5.66. The number of benzene rings is 1. The molecule has 5 heteroatoms. The topological polar surface area (TPSA) is 84.6 Å². The predicted octanol–water partition coefficient (Wildman–Crippen LogP) is 1.61. The van der Waals surface area contributed by atoms with Gasteiger partial charge >= 0.3 is 5.97 Å². The van der Waals surface area contributed by atoms with Gasteiger partial charge in [0.25, 0.3) is 0 Å².